The smallest absolute Gasteiger partial charge is 0.211 e. The number of hydrogen-bond acceptors (Lipinski definition) is 3. The number of halogens is 1. The maximum Gasteiger partial charge on any atom is 0.211 e. The predicted molar refractivity (Wildman–Crippen MR) is 92.6 cm³/mol. The highest BCUT2D eigenvalue weighted by atomic mass is 127. The number of sulfonamides is 1. The minimum atomic E-state index is -3.12. The average Bonchev–Trinajstić information content (AvgIpc) is 2.41. The van der Waals surface area contributed by atoms with Crippen molar-refractivity contribution in [2.24, 2.45) is 5.92 Å². The van der Waals surface area contributed by atoms with Gasteiger partial charge in [-0.3, -0.25) is 0 Å². The van der Waals surface area contributed by atoms with Crippen LogP contribution < -0.4 is 0 Å². The Kier molecular flexibility index (Phi) is 5.67. The van der Waals surface area contributed by atoms with Crippen LogP contribution >= 0.6 is 22.6 Å². The fourth-order valence-corrected chi connectivity index (χ4v) is 4.55. The van der Waals surface area contributed by atoms with Crippen LogP contribution in [0, 0.1) is 16.4 Å². The van der Waals surface area contributed by atoms with Crippen molar-refractivity contribution in [3.63, 3.8) is 0 Å². The van der Waals surface area contributed by atoms with Crippen LogP contribution in [-0.4, -0.2) is 37.2 Å². The molecule has 0 saturated carbocycles. The summed E-state index contributed by atoms with van der Waals surface area (Å²) in [6, 6.07) is 5.94. The molecule has 2 unspecified atom stereocenters. The largest absolute Gasteiger partial charge is 0.388 e. The summed E-state index contributed by atoms with van der Waals surface area (Å²) in [5, 5.41) is 10.5. The van der Waals surface area contributed by atoms with Gasteiger partial charge in [0.15, 0.2) is 0 Å². The van der Waals surface area contributed by atoms with Crippen LogP contribution in [0.25, 0.3) is 0 Å². The zero-order valence-corrected chi connectivity index (χ0v) is 15.4. The summed E-state index contributed by atoms with van der Waals surface area (Å²) < 4.78 is 25.9. The second kappa shape index (κ2) is 6.93. The van der Waals surface area contributed by atoms with Gasteiger partial charge in [-0.2, -0.15) is 0 Å². The van der Waals surface area contributed by atoms with Gasteiger partial charge in [0.1, 0.15) is 0 Å². The van der Waals surface area contributed by atoms with Crippen molar-refractivity contribution in [2.75, 3.05) is 19.3 Å². The fourth-order valence-electron chi connectivity index (χ4n) is 2.89. The zero-order chi connectivity index (χ0) is 15.6. The average molecular weight is 423 g/mol. The second-order valence-corrected chi connectivity index (χ2v) is 8.92. The number of aryl methyl sites for hydroxylation is 1. The van der Waals surface area contributed by atoms with Gasteiger partial charge >= 0.3 is 0 Å². The Balaban J connectivity index is 2.06. The third-order valence-corrected chi connectivity index (χ3v) is 6.83. The van der Waals surface area contributed by atoms with Crippen molar-refractivity contribution >= 4 is 32.6 Å². The molecule has 1 aromatic carbocycles. The van der Waals surface area contributed by atoms with Crippen LogP contribution in [0.3, 0.4) is 0 Å². The topological polar surface area (TPSA) is 57.6 Å². The van der Waals surface area contributed by atoms with Gasteiger partial charge in [0.05, 0.1) is 12.4 Å². The van der Waals surface area contributed by atoms with Crippen molar-refractivity contribution in [1.29, 1.82) is 0 Å². The highest BCUT2D eigenvalue weighted by Gasteiger charge is 2.28. The van der Waals surface area contributed by atoms with Gasteiger partial charge in [-0.1, -0.05) is 18.2 Å². The van der Waals surface area contributed by atoms with E-state index in [2.05, 4.69) is 22.6 Å². The molecule has 118 valence electrons. The molecule has 2 atom stereocenters. The zero-order valence-electron chi connectivity index (χ0n) is 12.4. The van der Waals surface area contributed by atoms with E-state index in [0.29, 0.717) is 19.5 Å². The molecular formula is C15H22INO3S. The molecule has 1 heterocycles. The SMILES string of the molecule is Cc1cccc(C(O)CC2CCCN(S(C)(=O)=O)C2)c1I. The molecule has 0 radical (unpaired) electrons. The predicted octanol–water partition coefficient (Wildman–Crippen LogP) is 2.69. The highest BCUT2D eigenvalue weighted by Crippen LogP contribution is 2.31. The Morgan fingerprint density at radius 3 is 2.86 bits per heavy atom. The van der Waals surface area contributed by atoms with E-state index in [-0.39, 0.29) is 5.92 Å². The molecule has 2 rings (SSSR count). The molecule has 1 aliphatic rings. The van der Waals surface area contributed by atoms with Crippen molar-refractivity contribution in [2.45, 2.75) is 32.3 Å². The van der Waals surface area contributed by atoms with Crippen molar-refractivity contribution in [3.05, 3.63) is 32.9 Å². The molecule has 21 heavy (non-hydrogen) atoms. The number of aliphatic hydroxyl groups excluding tert-OH is 1. The maximum atomic E-state index is 11.6. The lowest BCUT2D eigenvalue weighted by atomic mass is 9.90. The monoisotopic (exact) mass is 423 g/mol. The summed E-state index contributed by atoms with van der Waals surface area (Å²) in [6.07, 6.45) is 3.20. The molecule has 0 amide bonds. The summed E-state index contributed by atoms with van der Waals surface area (Å²) in [5.41, 5.74) is 2.11. The molecule has 0 spiro atoms. The Morgan fingerprint density at radius 1 is 1.48 bits per heavy atom. The van der Waals surface area contributed by atoms with Gasteiger partial charge in [-0.15, -0.1) is 0 Å². The standard InChI is InChI=1S/C15H22INO3S/c1-11-5-3-7-13(15(11)16)14(18)9-12-6-4-8-17(10-12)21(2,19)20/h3,5,7,12,14,18H,4,6,8-10H2,1-2H3. The van der Waals surface area contributed by atoms with Crippen LogP contribution in [0.4, 0.5) is 0 Å². The van der Waals surface area contributed by atoms with E-state index < -0.39 is 16.1 Å². The molecule has 0 aliphatic carbocycles. The first-order valence-corrected chi connectivity index (χ1v) is 10.1. The van der Waals surface area contributed by atoms with E-state index in [0.717, 1.165) is 27.5 Å². The molecule has 1 aliphatic heterocycles. The van der Waals surface area contributed by atoms with Gasteiger partial charge in [-0.25, -0.2) is 12.7 Å². The molecule has 1 saturated heterocycles. The minimum absolute atomic E-state index is 0.222. The molecular weight excluding hydrogens is 401 g/mol. The van der Waals surface area contributed by atoms with Crippen LogP contribution in [0.2, 0.25) is 0 Å². The van der Waals surface area contributed by atoms with Gasteiger partial charge < -0.3 is 5.11 Å². The van der Waals surface area contributed by atoms with Gasteiger partial charge in [0.2, 0.25) is 10.0 Å². The first-order chi connectivity index (χ1) is 9.79. The molecule has 1 fully saturated rings. The number of piperidine rings is 1. The first kappa shape index (κ1) is 17.2. The summed E-state index contributed by atoms with van der Waals surface area (Å²) >= 11 is 2.26. The van der Waals surface area contributed by atoms with Crippen molar-refractivity contribution in [3.8, 4) is 0 Å². The van der Waals surface area contributed by atoms with E-state index in [1.807, 2.05) is 25.1 Å². The van der Waals surface area contributed by atoms with Crippen LogP contribution in [0.15, 0.2) is 18.2 Å². The third kappa shape index (κ3) is 4.40. The van der Waals surface area contributed by atoms with Crippen LogP contribution in [0.5, 0.6) is 0 Å². The Labute approximate surface area is 140 Å². The molecule has 6 heteroatoms. The highest BCUT2D eigenvalue weighted by molar-refractivity contribution is 14.1. The summed E-state index contributed by atoms with van der Waals surface area (Å²) in [7, 11) is -3.12. The van der Waals surface area contributed by atoms with E-state index in [9.17, 15) is 13.5 Å². The van der Waals surface area contributed by atoms with Crippen LogP contribution in [-0.2, 0) is 10.0 Å². The number of aliphatic hydroxyl groups is 1. The summed E-state index contributed by atoms with van der Waals surface area (Å²) in [4.78, 5) is 0. The van der Waals surface area contributed by atoms with Gasteiger partial charge in [0, 0.05) is 16.7 Å². The van der Waals surface area contributed by atoms with Crippen molar-refractivity contribution < 1.29 is 13.5 Å². The Morgan fingerprint density at radius 2 is 2.19 bits per heavy atom. The minimum Gasteiger partial charge on any atom is -0.388 e. The third-order valence-electron chi connectivity index (χ3n) is 4.09. The summed E-state index contributed by atoms with van der Waals surface area (Å²) in [5.74, 6) is 0.222. The van der Waals surface area contributed by atoms with Gasteiger partial charge in [0.25, 0.3) is 0 Å². The number of benzene rings is 1. The molecule has 1 N–H and O–H groups in total. The normalized spacial score (nSPS) is 22.2. The molecule has 1 aromatic rings. The first-order valence-electron chi connectivity index (χ1n) is 7.17. The summed E-state index contributed by atoms with van der Waals surface area (Å²) in [6.45, 7) is 3.16. The fraction of sp³-hybridized carbons (Fsp3) is 0.600. The second-order valence-electron chi connectivity index (χ2n) is 5.86. The lowest BCUT2D eigenvalue weighted by molar-refractivity contribution is 0.122. The van der Waals surface area contributed by atoms with E-state index in [1.54, 1.807) is 0 Å². The van der Waals surface area contributed by atoms with Crippen LogP contribution in [0.1, 0.15) is 36.5 Å². The molecule has 0 bridgehead atoms. The van der Waals surface area contributed by atoms with Gasteiger partial charge in [-0.05, 0) is 65.8 Å². The number of rotatable bonds is 4. The Hall–Kier alpha value is -0.180. The molecule has 4 nitrogen and oxygen atoms in total. The maximum absolute atomic E-state index is 11.6. The Bertz CT molecular complexity index is 603. The quantitative estimate of drug-likeness (QED) is 0.758. The lowest BCUT2D eigenvalue weighted by Crippen LogP contribution is -2.39. The van der Waals surface area contributed by atoms with E-state index in [1.165, 1.54) is 10.6 Å². The van der Waals surface area contributed by atoms with E-state index in [4.69, 9.17) is 0 Å². The number of hydrogen-bond donors (Lipinski definition) is 1. The van der Waals surface area contributed by atoms with E-state index >= 15 is 0 Å². The van der Waals surface area contributed by atoms with Crippen molar-refractivity contribution in [1.82, 2.24) is 4.31 Å². The number of nitrogens with zero attached hydrogens (tertiary/aromatic N) is 1. The molecule has 0 aromatic heterocycles. The lowest BCUT2D eigenvalue weighted by Gasteiger charge is -2.32.